The molecular weight excluding hydrogens is 377 g/mol. The molecule has 0 atom stereocenters. The predicted octanol–water partition coefficient (Wildman–Crippen LogP) is 3.94. The average Bonchev–Trinajstić information content (AvgIpc) is 3.41. The van der Waals surface area contributed by atoms with Gasteiger partial charge in [0.05, 0.1) is 22.6 Å². The fraction of sp³-hybridized carbons (Fsp3) is 0.250. The monoisotopic (exact) mass is 397 g/mol. The SMILES string of the molecule is Cc1nn(-c2ccc(F)cc2)c2sc(C(=O)NCCCCn3ccnc3)cc12. The second-order valence-corrected chi connectivity index (χ2v) is 7.60. The van der Waals surface area contributed by atoms with Crippen LogP contribution in [0.4, 0.5) is 4.39 Å². The quantitative estimate of drug-likeness (QED) is 0.481. The summed E-state index contributed by atoms with van der Waals surface area (Å²) in [6, 6.07) is 8.05. The van der Waals surface area contributed by atoms with E-state index in [2.05, 4.69) is 15.4 Å². The zero-order valence-electron chi connectivity index (χ0n) is 15.4. The van der Waals surface area contributed by atoms with Gasteiger partial charge >= 0.3 is 0 Å². The number of carbonyl (C=O) groups excluding carboxylic acids is 1. The molecule has 1 aromatic carbocycles. The van der Waals surface area contributed by atoms with Gasteiger partial charge in [0, 0.05) is 30.9 Å². The van der Waals surface area contributed by atoms with Crippen molar-refractivity contribution in [1.29, 1.82) is 0 Å². The number of unbranched alkanes of at least 4 members (excludes halogenated alkanes) is 1. The van der Waals surface area contributed by atoms with Crippen LogP contribution in [-0.4, -0.2) is 31.8 Å². The summed E-state index contributed by atoms with van der Waals surface area (Å²) in [5.41, 5.74) is 1.61. The van der Waals surface area contributed by atoms with Gasteiger partial charge in [-0.3, -0.25) is 4.79 Å². The number of imidazole rings is 1. The van der Waals surface area contributed by atoms with Crippen LogP contribution >= 0.6 is 11.3 Å². The Labute approximate surface area is 165 Å². The number of halogens is 1. The number of carbonyl (C=O) groups is 1. The number of aromatic nitrogens is 4. The first kappa shape index (κ1) is 18.4. The van der Waals surface area contributed by atoms with E-state index >= 15 is 0 Å². The molecule has 3 aromatic heterocycles. The first-order valence-corrected chi connectivity index (χ1v) is 9.92. The van der Waals surface area contributed by atoms with E-state index in [1.54, 1.807) is 29.3 Å². The fourth-order valence-electron chi connectivity index (χ4n) is 3.04. The van der Waals surface area contributed by atoms with E-state index in [0.29, 0.717) is 11.4 Å². The van der Waals surface area contributed by atoms with E-state index in [9.17, 15) is 9.18 Å². The number of rotatable bonds is 7. The number of fused-ring (bicyclic) bond motifs is 1. The summed E-state index contributed by atoms with van der Waals surface area (Å²) in [4.78, 5) is 18.1. The third-order valence-electron chi connectivity index (χ3n) is 4.53. The van der Waals surface area contributed by atoms with E-state index in [1.165, 1.54) is 23.5 Å². The lowest BCUT2D eigenvalue weighted by Crippen LogP contribution is -2.23. The summed E-state index contributed by atoms with van der Waals surface area (Å²) < 4.78 is 17.0. The molecule has 0 spiro atoms. The Morgan fingerprint density at radius 1 is 1.25 bits per heavy atom. The van der Waals surface area contributed by atoms with Crippen molar-refractivity contribution in [1.82, 2.24) is 24.6 Å². The molecule has 0 aliphatic rings. The van der Waals surface area contributed by atoms with E-state index < -0.39 is 0 Å². The van der Waals surface area contributed by atoms with Gasteiger partial charge in [-0.25, -0.2) is 14.1 Å². The lowest BCUT2D eigenvalue weighted by molar-refractivity contribution is 0.0957. The van der Waals surface area contributed by atoms with Crippen molar-refractivity contribution >= 4 is 27.5 Å². The third-order valence-corrected chi connectivity index (χ3v) is 5.64. The van der Waals surface area contributed by atoms with E-state index in [-0.39, 0.29) is 11.7 Å². The molecule has 144 valence electrons. The maximum atomic E-state index is 13.2. The molecule has 0 aliphatic heterocycles. The third kappa shape index (κ3) is 3.82. The zero-order valence-corrected chi connectivity index (χ0v) is 16.2. The molecule has 0 unspecified atom stereocenters. The van der Waals surface area contributed by atoms with Crippen LogP contribution in [0, 0.1) is 12.7 Å². The Kier molecular flexibility index (Phi) is 5.21. The van der Waals surface area contributed by atoms with Crippen molar-refractivity contribution in [3.8, 4) is 5.69 Å². The number of nitrogens with zero attached hydrogens (tertiary/aromatic N) is 4. The minimum absolute atomic E-state index is 0.0751. The van der Waals surface area contributed by atoms with Crippen molar-refractivity contribution in [2.45, 2.75) is 26.3 Å². The maximum absolute atomic E-state index is 13.2. The number of benzene rings is 1. The summed E-state index contributed by atoms with van der Waals surface area (Å²) >= 11 is 1.40. The largest absolute Gasteiger partial charge is 0.351 e. The van der Waals surface area contributed by atoms with Gasteiger partial charge in [-0.15, -0.1) is 11.3 Å². The molecule has 0 radical (unpaired) electrons. The van der Waals surface area contributed by atoms with Gasteiger partial charge in [0.25, 0.3) is 5.91 Å². The minimum Gasteiger partial charge on any atom is -0.351 e. The van der Waals surface area contributed by atoms with Crippen LogP contribution in [-0.2, 0) is 6.54 Å². The van der Waals surface area contributed by atoms with Crippen LogP contribution in [0.2, 0.25) is 0 Å². The van der Waals surface area contributed by atoms with Crippen LogP contribution in [0.5, 0.6) is 0 Å². The van der Waals surface area contributed by atoms with Crippen LogP contribution in [0.25, 0.3) is 15.9 Å². The number of nitrogens with one attached hydrogen (secondary N) is 1. The minimum atomic E-state index is -0.289. The molecule has 0 saturated carbocycles. The van der Waals surface area contributed by atoms with Gasteiger partial charge in [0.1, 0.15) is 10.6 Å². The van der Waals surface area contributed by atoms with Gasteiger partial charge in [-0.2, -0.15) is 5.10 Å². The lowest BCUT2D eigenvalue weighted by atomic mass is 10.3. The van der Waals surface area contributed by atoms with Crippen molar-refractivity contribution in [3.05, 3.63) is 65.4 Å². The van der Waals surface area contributed by atoms with Gasteiger partial charge < -0.3 is 9.88 Å². The number of hydrogen-bond donors (Lipinski definition) is 1. The molecule has 8 heteroatoms. The topological polar surface area (TPSA) is 64.7 Å². The molecule has 4 aromatic rings. The highest BCUT2D eigenvalue weighted by Gasteiger charge is 2.17. The second-order valence-electron chi connectivity index (χ2n) is 6.57. The van der Waals surface area contributed by atoms with E-state index in [1.807, 2.05) is 23.8 Å². The van der Waals surface area contributed by atoms with Gasteiger partial charge in [-0.05, 0) is 50.1 Å². The number of thiophene rings is 1. The lowest BCUT2D eigenvalue weighted by Gasteiger charge is -2.04. The molecule has 0 bridgehead atoms. The Morgan fingerprint density at radius 3 is 2.82 bits per heavy atom. The predicted molar refractivity (Wildman–Crippen MR) is 107 cm³/mol. The standard InChI is InChI=1S/C20H20FN5OS/c1-14-17-12-18(19(27)23-8-2-3-10-25-11-9-22-13-25)28-20(17)26(24-14)16-6-4-15(21)5-7-16/h4-7,9,11-13H,2-3,8,10H2,1H3,(H,23,27). The highest BCUT2D eigenvalue weighted by Crippen LogP contribution is 2.30. The molecule has 0 fully saturated rings. The molecule has 28 heavy (non-hydrogen) atoms. The fourth-order valence-corrected chi connectivity index (χ4v) is 4.14. The summed E-state index contributed by atoms with van der Waals surface area (Å²) in [5.74, 6) is -0.364. The van der Waals surface area contributed by atoms with Crippen molar-refractivity contribution < 1.29 is 9.18 Å². The van der Waals surface area contributed by atoms with Gasteiger partial charge in [-0.1, -0.05) is 0 Å². The van der Waals surface area contributed by atoms with Crippen LogP contribution in [0.15, 0.2) is 49.1 Å². The normalized spacial score (nSPS) is 11.2. The summed E-state index contributed by atoms with van der Waals surface area (Å²) in [5, 5.41) is 8.45. The molecule has 0 aliphatic carbocycles. The Hall–Kier alpha value is -3.00. The van der Waals surface area contributed by atoms with E-state index in [4.69, 9.17) is 0 Å². The highest BCUT2D eigenvalue weighted by molar-refractivity contribution is 7.20. The second kappa shape index (κ2) is 7.93. The van der Waals surface area contributed by atoms with Crippen LogP contribution < -0.4 is 5.32 Å². The molecule has 3 heterocycles. The molecule has 4 rings (SSSR count). The summed E-state index contributed by atoms with van der Waals surface area (Å²) in [6.45, 7) is 3.43. The smallest absolute Gasteiger partial charge is 0.261 e. The van der Waals surface area contributed by atoms with Gasteiger partial charge in [0.2, 0.25) is 0 Å². The van der Waals surface area contributed by atoms with Gasteiger partial charge in [0.15, 0.2) is 0 Å². The molecule has 1 amide bonds. The molecule has 1 N–H and O–H groups in total. The Bertz CT molecular complexity index is 1080. The first-order chi connectivity index (χ1) is 13.6. The molecule has 6 nitrogen and oxygen atoms in total. The zero-order chi connectivity index (χ0) is 19.5. The van der Waals surface area contributed by atoms with Crippen molar-refractivity contribution in [3.63, 3.8) is 0 Å². The molecule has 0 saturated heterocycles. The van der Waals surface area contributed by atoms with Crippen molar-refractivity contribution in [2.24, 2.45) is 0 Å². The average molecular weight is 397 g/mol. The highest BCUT2D eigenvalue weighted by atomic mass is 32.1. The number of amides is 1. The summed E-state index contributed by atoms with van der Waals surface area (Å²) in [6.07, 6.45) is 7.36. The summed E-state index contributed by atoms with van der Waals surface area (Å²) in [7, 11) is 0. The number of hydrogen-bond acceptors (Lipinski definition) is 4. The first-order valence-electron chi connectivity index (χ1n) is 9.11. The van der Waals surface area contributed by atoms with Crippen LogP contribution in [0.3, 0.4) is 0 Å². The Morgan fingerprint density at radius 2 is 2.07 bits per heavy atom. The maximum Gasteiger partial charge on any atom is 0.261 e. The number of aryl methyl sites for hydroxylation is 2. The Balaban J connectivity index is 1.41. The van der Waals surface area contributed by atoms with Crippen molar-refractivity contribution in [2.75, 3.05) is 6.54 Å². The van der Waals surface area contributed by atoms with E-state index in [0.717, 1.165) is 41.0 Å². The van der Waals surface area contributed by atoms with Crippen LogP contribution in [0.1, 0.15) is 28.2 Å². The molecular formula is C20H20FN5OS.